The summed E-state index contributed by atoms with van der Waals surface area (Å²) in [6, 6.07) is 8.07. The van der Waals surface area contributed by atoms with Gasteiger partial charge in [-0.2, -0.15) is 0 Å². The highest BCUT2D eigenvalue weighted by molar-refractivity contribution is 5.67. The quantitative estimate of drug-likeness (QED) is 0.827. The second-order valence-corrected chi connectivity index (χ2v) is 6.67. The first-order chi connectivity index (χ1) is 9.76. The molecule has 2 N–H and O–H groups in total. The monoisotopic (exact) mass is 292 g/mol. The van der Waals surface area contributed by atoms with Crippen LogP contribution in [0.1, 0.15) is 46.6 Å². The molecular formula is C17H28N2O2. The molecule has 4 nitrogen and oxygen atoms in total. The van der Waals surface area contributed by atoms with E-state index in [-0.39, 0.29) is 6.09 Å². The first-order valence-electron chi connectivity index (χ1n) is 7.56. The van der Waals surface area contributed by atoms with Crippen molar-refractivity contribution in [2.24, 2.45) is 5.92 Å². The molecule has 118 valence electrons. The molecule has 1 amide bonds. The van der Waals surface area contributed by atoms with Crippen LogP contribution < -0.4 is 10.6 Å². The minimum atomic E-state index is -0.468. The first kappa shape index (κ1) is 17.3. The van der Waals surface area contributed by atoms with E-state index < -0.39 is 5.60 Å². The molecule has 0 aliphatic heterocycles. The minimum absolute atomic E-state index is 0.388. The summed E-state index contributed by atoms with van der Waals surface area (Å²) < 4.78 is 5.22. The fourth-order valence-electron chi connectivity index (χ4n) is 1.78. The molecule has 1 aromatic carbocycles. The van der Waals surface area contributed by atoms with Gasteiger partial charge in [-0.15, -0.1) is 0 Å². The Labute approximate surface area is 128 Å². The van der Waals surface area contributed by atoms with Crippen molar-refractivity contribution in [3.63, 3.8) is 0 Å². The maximum atomic E-state index is 11.6. The number of nitrogens with one attached hydrogen (secondary N) is 2. The summed E-state index contributed by atoms with van der Waals surface area (Å²) in [7, 11) is 0. The van der Waals surface area contributed by atoms with Gasteiger partial charge in [0.25, 0.3) is 0 Å². The van der Waals surface area contributed by atoms with Gasteiger partial charge in [-0.25, -0.2) is 4.79 Å². The third-order valence-corrected chi connectivity index (χ3v) is 2.81. The van der Waals surface area contributed by atoms with E-state index >= 15 is 0 Å². The summed E-state index contributed by atoms with van der Waals surface area (Å²) >= 11 is 0. The van der Waals surface area contributed by atoms with Crippen LogP contribution in [0.25, 0.3) is 0 Å². The van der Waals surface area contributed by atoms with Gasteiger partial charge in [0.1, 0.15) is 5.60 Å². The summed E-state index contributed by atoms with van der Waals surface area (Å²) in [5, 5.41) is 6.17. The van der Waals surface area contributed by atoms with Crippen LogP contribution in [0.4, 0.5) is 10.5 Å². The van der Waals surface area contributed by atoms with E-state index in [1.807, 2.05) is 39.0 Å². The molecule has 4 heteroatoms. The fraction of sp³-hybridized carbons (Fsp3) is 0.588. The van der Waals surface area contributed by atoms with E-state index in [0.29, 0.717) is 12.5 Å². The molecule has 1 rings (SSSR count). The highest BCUT2D eigenvalue weighted by atomic mass is 16.6. The molecule has 0 saturated heterocycles. The van der Waals surface area contributed by atoms with E-state index in [1.165, 1.54) is 0 Å². The lowest BCUT2D eigenvalue weighted by molar-refractivity contribution is 0.0523. The molecule has 0 aliphatic rings. The van der Waals surface area contributed by atoms with Crippen LogP contribution >= 0.6 is 0 Å². The fourth-order valence-corrected chi connectivity index (χ4v) is 1.78. The Morgan fingerprint density at radius 2 is 2.00 bits per heavy atom. The van der Waals surface area contributed by atoms with Crippen LogP contribution in [0.2, 0.25) is 0 Å². The highest BCUT2D eigenvalue weighted by Crippen LogP contribution is 2.12. The summed E-state index contributed by atoms with van der Waals surface area (Å²) in [6.07, 6.45) is 0.751. The predicted octanol–water partition coefficient (Wildman–Crippen LogP) is 4.17. The normalized spacial score (nSPS) is 11.3. The SMILES string of the molecule is CC(C)CCNc1cccc(CNC(=O)OC(C)(C)C)c1. The number of carbonyl (C=O) groups excluding carboxylic acids is 1. The molecule has 0 bridgehead atoms. The standard InChI is InChI=1S/C17H28N2O2/c1-13(2)9-10-18-15-8-6-7-14(11-15)12-19-16(20)21-17(3,4)5/h6-8,11,13,18H,9-10,12H2,1-5H3,(H,19,20). The Bertz CT molecular complexity index is 450. The number of hydrogen-bond acceptors (Lipinski definition) is 3. The van der Waals surface area contributed by atoms with E-state index in [0.717, 1.165) is 24.2 Å². The molecule has 0 aliphatic carbocycles. The van der Waals surface area contributed by atoms with Gasteiger partial charge in [0.15, 0.2) is 0 Å². The van der Waals surface area contributed by atoms with Crippen molar-refractivity contribution in [1.82, 2.24) is 5.32 Å². The molecule has 0 heterocycles. The number of anilines is 1. The molecule has 0 unspecified atom stereocenters. The zero-order chi connectivity index (χ0) is 15.9. The highest BCUT2D eigenvalue weighted by Gasteiger charge is 2.15. The van der Waals surface area contributed by atoms with Crippen LogP contribution in [0, 0.1) is 5.92 Å². The molecule has 0 atom stereocenters. The molecular weight excluding hydrogens is 264 g/mol. The van der Waals surface area contributed by atoms with Gasteiger partial charge in [0.2, 0.25) is 0 Å². The Morgan fingerprint density at radius 1 is 1.29 bits per heavy atom. The number of ether oxygens (including phenoxy) is 1. The number of benzene rings is 1. The van der Waals surface area contributed by atoms with E-state index in [1.54, 1.807) is 0 Å². The lowest BCUT2D eigenvalue weighted by Crippen LogP contribution is -2.32. The van der Waals surface area contributed by atoms with Gasteiger partial charge < -0.3 is 15.4 Å². The lowest BCUT2D eigenvalue weighted by atomic mass is 10.1. The van der Waals surface area contributed by atoms with Gasteiger partial charge in [0.05, 0.1) is 0 Å². The summed E-state index contributed by atoms with van der Waals surface area (Å²) in [5.41, 5.74) is 1.67. The molecule has 1 aromatic rings. The first-order valence-corrected chi connectivity index (χ1v) is 7.56. The average Bonchev–Trinajstić information content (AvgIpc) is 2.34. The lowest BCUT2D eigenvalue weighted by Gasteiger charge is -2.19. The van der Waals surface area contributed by atoms with Crippen molar-refractivity contribution in [1.29, 1.82) is 0 Å². The molecule has 0 radical (unpaired) electrons. The van der Waals surface area contributed by atoms with Crippen LogP contribution in [-0.2, 0) is 11.3 Å². The maximum absolute atomic E-state index is 11.6. The van der Waals surface area contributed by atoms with Gasteiger partial charge >= 0.3 is 6.09 Å². The third kappa shape index (κ3) is 8.23. The summed E-state index contributed by atoms with van der Waals surface area (Å²) in [5.74, 6) is 0.689. The van der Waals surface area contributed by atoms with E-state index in [9.17, 15) is 4.79 Å². The molecule has 0 fully saturated rings. The summed E-state index contributed by atoms with van der Waals surface area (Å²) in [4.78, 5) is 11.6. The van der Waals surface area contributed by atoms with Crippen LogP contribution in [0.3, 0.4) is 0 Å². The van der Waals surface area contributed by atoms with Gasteiger partial charge in [0, 0.05) is 18.8 Å². The Morgan fingerprint density at radius 3 is 2.62 bits per heavy atom. The Balaban J connectivity index is 2.43. The van der Waals surface area contributed by atoms with E-state index in [2.05, 4.69) is 30.5 Å². The molecule has 0 aromatic heterocycles. The van der Waals surface area contributed by atoms with Crippen LogP contribution in [-0.4, -0.2) is 18.2 Å². The second-order valence-electron chi connectivity index (χ2n) is 6.67. The maximum Gasteiger partial charge on any atom is 0.407 e. The third-order valence-electron chi connectivity index (χ3n) is 2.81. The smallest absolute Gasteiger partial charge is 0.407 e. The van der Waals surface area contributed by atoms with Crippen LogP contribution in [0.5, 0.6) is 0 Å². The van der Waals surface area contributed by atoms with Crippen molar-refractivity contribution >= 4 is 11.8 Å². The van der Waals surface area contributed by atoms with Crippen molar-refractivity contribution in [3.05, 3.63) is 29.8 Å². The predicted molar refractivity (Wildman–Crippen MR) is 87.5 cm³/mol. The van der Waals surface area contributed by atoms with Gasteiger partial charge in [-0.3, -0.25) is 0 Å². The molecule has 0 saturated carbocycles. The zero-order valence-corrected chi connectivity index (χ0v) is 13.8. The largest absolute Gasteiger partial charge is 0.444 e. The van der Waals surface area contributed by atoms with Crippen molar-refractivity contribution in [3.8, 4) is 0 Å². The Kier molecular flexibility index (Phi) is 6.53. The number of rotatable bonds is 6. The second kappa shape index (κ2) is 7.91. The van der Waals surface area contributed by atoms with E-state index in [4.69, 9.17) is 4.74 Å². The van der Waals surface area contributed by atoms with Crippen molar-refractivity contribution < 1.29 is 9.53 Å². The molecule has 21 heavy (non-hydrogen) atoms. The topological polar surface area (TPSA) is 50.4 Å². The number of carbonyl (C=O) groups is 1. The van der Waals surface area contributed by atoms with Gasteiger partial charge in [-0.1, -0.05) is 26.0 Å². The summed E-state index contributed by atoms with van der Waals surface area (Å²) in [6.45, 7) is 11.4. The molecule has 0 spiro atoms. The Hall–Kier alpha value is -1.71. The number of amides is 1. The van der Waals surface area contributed by atoms with Crippen molar-refractivity contribution in [2.75, 3.05) is 11.9 Å². The van der Waals surface area contributed by atoms with Crippen molar-refractivity contribution in [2.45, 2.75) is 53.2 Å². The van der Waals surface area contributed by atoms with Crippen LogP contribution in [0.15, 0.2) is 24.3 Å². The van der Waals surface area contributed by atoms with Gasteiger partial charge in [-0.05, 0) is 50.8 Å². The zero-order valence-electron chi connectivity index (χ0n) is 13.8. The minimum Gasteiger partial charge on any atom is -0.444 e. The number of hydrogen-bond donors (Lipinski definition) is 2. The average molecular weight is 292 g/mol. The number of alkyl carbamates (subject to hydrolysis) is 1.